The summed E-state index contributed by atoms with van der Waals surface area (Å²) in [7, 11) is 0. The fourth-order valence-corrected chi connectivity index (χ4v) is 2.54. The fraction of sp³-hybridized carbons (Fsp3) is 0.200. The van der Waals surface area contributed by atoms with Crippen molar-refractivity contribution in [2.24, 2.45) is 0 Å². The maximum Gasteiger partial charge on any atom is 0.307 e. The normalized spacial score (nSPS) is 10.2. The zero-order valence-corrected chi connectivity index (χ0v) is 15.0. The quantitative estimate of drug-likeness (QED) is 0.659. The third kappa shape index (κ3) is 5.93. The van der Waals surface area contributed by atoms with Gasteiger partial charge in [0.25, 0.3) is 5.91 Å². The van der Waals surface area contributed by atoms with Gasteiger partial charge in [-0.3, -0.25) is 9.59 Å². The molecule has 0 aliphatic rings. The highest BCUT2D eigenvalue weighted by Gasteiger charge is 2.13. The van der Waals surface area contributed by atoms with E-state index in [1.807, 2.05) is 12.1 Å². The number of ether oxygens (including phenoxy) is 1. The first-order valence-electron chi connectivity index (χ1n) is 8.10. The Balaban J connectivity index is 1.93. The molecule has 0 saturated carbocycles. The molecule has 6 heteroatoms. The van der Waals surface area contributed by atoms with E-state index in [2.05, 4.69) is 11.9 Å². The minimum absolute atomic E-state index is 0.000726. The van der Waals surface area contributed by atoms with Gasteiger partial charge < -0.3 is 15.2 Å². The SMILES string of the molecule is C=CCOc1ccc(Cl)cc1C(=O)NCCc1ccc(CC(=O)O)cc1. The first-order chi connectivity index (χ1) is 12.5. The molecule has 0 fully saturated rings. The van der Waals surface area contributed by atoms with E-state index < -0.39 is 5.97 Å². The van der Waals surface area contributed by atoms with Crippen molar-refractivity contribution in [3.8, 4) is 5.75 Å². The van der Waals surface area contributed by atoms with Crippen LogP contribution in [0.15, 0.2) is 55.1 Å². The van der Waals surface area contributed by atoms with Gasteiger partial charge in [0.2, 0.25) is 0 Å². The summed E-state index contributed by atoms with van der Waals surface area (Å²) in [6.07, 6.45) is 2.23. The maximum atomic E-state index is 12.4. The molecule has 0 atom stereocenters. The molecule has 2 aromatic rings. The molecule has 0 spiro atoms. The largest absolute Gasteiger partial charge is 0.489 e. The molecular formula is C20H20ClNO4. The molecule has 136 valence electrons. The molecule has 0 bridgehead atoms. The van der Waals surface area contributed by atoms with Crippen LogP contribution in [0.3, 0.4) is 0 Å². The van der Waals surface area contributed by atoms with Gasteiger partial charge in [-0.1, -0.05) is 48.5 Å². The van der Waals surface area contributed by atoms with Crippen LogP contribution in [-0.4, -0.2) is 30.1 Å². The summed E-state index contributed by atoms with van der Waals surface area (Å²) in [5, 5.41) is 12.1. The number of carbonyl (C=O) groups is 2. The molecule has 1 amide bonds. The fourth-order valence-electron chi connectivity index (χ4n) is 2.37. The number of carboxylic acids is 1. The standard InChI is InChI=1S/C20H20ClNO4/c1-2-11-26-18-8-7-16(21)13-17(18)20(25)22-10-9-14-3-5-15(6-4-14)12-19(23)24/h2-8,13H,1,9-12H2,(H,22,25)(H,23,24). The van der Waals surface area contributed by atoms with Crippen LogP contribution >= 0.6 is 11.6 Å². The van der Waals surface area contributed by atoms with E-state index >= 15 is 0 Å². The number of carbonyl (C=O) groups excluding carboxylic acids is 1. The van der Waals surface area contributed by atoms with Crippen molar-refractivity contribution in [2.45, 2.75) is 12.8 Å². The van der Waals surface area contributed by atoms with E-state index in [0.717, 1.165) is 11.1 Å². The number of halogens is 1. The highest BCUT2D eigenvalue weighted by Crippen LogP contribution is 2.23. The molecule has 26 heavy (non-hydrogen) atoms. The van der Waals surface area contributed by atoms with E-state index in [4.69, 9.17) is 21.4 Å². The second-order valence-corrected chi connectivity index (χ2v) is 6.07. The number of hydrogen-bond acceptors (Lipinski definition) is 3. The summed E-state index contributed by atoms with van der Waals surface area (Å²) >= 11 is 5.98. The molecule has 0 unspecified atom stereocenters. The number of hydrogen-bond donors (Lipinski definition) is 2. The molecule has 0 heterocycles. The number of benzene rings is 2. The molecule has 2 N–H and O–H groups in total. The summed E-state index contributed by atoms with van der Waals surface area (Å²) in [6.45, 7) is 4.32. The van der Waals surface area contributed by atoms with Gasteiger partial charge in [0.1, 0.15) is 12.4 Å². The van der Waals surface area contributed by atoms with Gasteiger partial charge in [-0.2, -0.15) is 0 Å². The van der Waals surface area contributed by atoms with Crippen molar-refractivity contribution < 1.29 is 19.4 Å². The predicted molar refractivity (Wildman–Crippen MR) is 101 cm³/mol. The van der Waals surface area contributed by atoms with Crippen molar-refractivity contribution >= 4 is 23.5 Å². The highest BCUT2D eigenvalue weighted by atomic mass is 35.5. The van der Waals surface area contributed by atoms with E-state index in [0.29, 0.717) is 35.9 Å². The van der Waals surface area contributed by atoms with Crippen molar-refractivity contribution in [1.82, 2.24) is 5.32 Å². The maximum absolute atomic E-state index is 12.4. The van der Waals surface area contributed by atoms with Crippen LogP contribution in [0.2, 0.25) is 5.02 Å². The first-order valence-corrected chi connectivity index (χ1v) is 8.48. The zero-order valence-electron chi connectivity index (χ0n) is 14.2. The third-order valence-electron chi connectivity index (χ3n) is 3.62. The van der Waals surface area contributed by atoms with Gasteiger partial charge in [-0.15, -0.1) is 0 Å². The molecule has 0 saturated heterocycles. The molecule has 5 nitrogen and oxygen atoms in total. The van der Waals surface area contributed by atoms with Crippen LogP contribution in [0.1, 0.15) is 21.5 Å². The van der Waals surface area contributed by atoms with Crippen LogP contribution in [0, 0.1) is 0 Å². The van der Waals surface area contributed by atoms with Gasteiger partial charge >= 0.3 is 5.97 Å². The summed E-state index contributed by atoms with van der Waals surface area (Å²) in [6, 6.07) is 12.2. The monoisotopic (exact) mass is 373 g/mol. The summed E-state index contributed by atoms with van der Waals surface area (Å²) in [5.41, 5.74) is 2.12. The summed E-state index contributed by atoms with van der Waals surface area (Å²) < 4.78 is 5.49. The Labute approximate surface area is 157 Å². The van der Waals surface area contributed by atoms with Gasteiger partial charge in [0, 0.05) is 11.6 Å². The number of aliphatic carboxylic acids is 1. The number of amides is 1. The van der Waals surface area contributed by atoms with Crippen molar-refractivity contribution in [2.75, 3.05) is 13.2 Å². The minimum Gasteiger partial charge on any atom is -0.489 e. The molecule has 0 aliphatic heterocycles. The van der Waals surface area contributed by atoms with Crippen LogP contribution in [0.4, 0.5) is 0 Å². The lowest BCUT2D eigenvalue weighted by atomic mass is 10.1. The van der Waals surface area contributed by atoms with Crippen molar-refractivity contribution in [3.63, 3.8) is 0 Å². The van der Waals surface area contributed by atoms with E-state index in [9.17, 15) is 9.59 Å². The first kappa shape index (κ1) is 19.5. The lowest BCUT2D eigenvalue weighted by Crippen LogP contribution is -2.26. The molecule has 0 aromatic heterocycles. The lowest BCUT2D eigenvalue weighted by Gasteiger charge is -2.11. The zero-order chi connectivity index (χ0) is 18.9. The van der Waals surface area contributed by atoms with Gasteiger partial charge in [0.15, 0.2) is 0 Å². The summed E-state index contributed by atoms with van der Waals surface area (Å²) in [5.74, 6) is -0.681. The smallest absolute Gasteiger partial charge is 0.307 e. The highest BCUT2D eigenvalue weighted by molar-refractivity contribution is 6.31. The second-order valence-electron chi connectivity index (χ2n) is 5.63. The van der Waals surface area contributed by atoms with Gasteiger partial charge in [-0.25, -0.2) is 0 Å². The molecule has 0 radical (unpaired) electrons. The summed E-state index contributed by atoms with van der Waals surface area (Å²) in [4.78, 5) is 23.1. The van der Waals surface area contributed by atoms with Crippen LogP contribution in [0.5, 0.6) is 5.75 Å². The number of nitrogens with one attached hydrogen (secondary N) is 1. The van der Waals surface area contributed by atoms with Crippen molar-refractivity contribution in [1.29, 1.82) is 0 Å². The Hall–Kier alpha value is -2.79. The number of carboxylic acid groups (broad SMARTS) is 1. The second kappa shape index (κ2) is 9.63. The average molecular weight is 374 g/mol. The average Bonchev–Trinajstić information content (AvgIpc) is 2.61. The van der Waals surface area contributed by atoms with Gasteiger partial charge in [0.05, 0.1) is 12.0 Å². The lowest BCUT2D eigenvalue weighted by molar-refractivity contribution is -0.136. The van der Waals surface area contributed by atoms with E-state index in [1.165, 1.54) is 0 Å². The van der Waals surface area contributed by atoms with Crippen LogP contribution < -0.4 is 10.1 Å². The molecule has 2 aromatic carbocycles. The van der Waals surface area contributed by atoms with Crippen LogP contribution in [0.25, 0.3) is 0 Å². The Morgan fingerprint density at radius 2 is 1.85 bits per heavy atom. The van der Waals surface area contributed by atoms with Crippen LogP contribution in [-0.2, 0) is 17.6 Å². The van der Waals surface area contributed by atoms with E-state index in [1.54, 1.807) is 36.4 Å². The predicted octanol–water partition coefficient (Wildman–Crippen LogP) is 3.50. The molecule has 2 rings (SSSR count). The van der Waals surface area contributed by atoms with E-state index in [-0.39, 0.29) is 12.3 Å². The third-order valence-corrected chi connectivity index (χ3v) is 3.86. The Kier molecular flexibility index (Phi) is 7.24. The van der Waals surface area contributed by atoms with Gasteiger partial charge in [-0.05, 0) is 35.7 Å². The Morgan fingerprint density at radius 1 is 1.15 bits per heavy atom. The Bertz CT molecular complexity index is 787. The molecule has 0 aliphatic carbocycles. The topological polar surface area (TPSA) is 75.6 Å². The Morgan fingerprint density at radius 3 is 2.50 bits per heavy atom. The molecular weight excluding hydrogens is 354 g/mol. The van der Waals surface area contributed by atoms with Crippen molar-refractivity contribution in [3.05, 3.63) is 76.8 Å². The minimum atomic E-state index is -0.860. The number of rotatable bonds is 9.